The first-order chi connectivity index (χ1) is 12.9. The van der Waals surface area contributed by atoms with Crippen molar-refractivity contribution < 1.29 is 4.42 Å². The number of benzene rings is 2. The van der Waals surface area contributed by atoms with Gasteiger partial charge in [-0.1, -0.05) is 30.3 Å². The number of hydrogen-bond acceptors (Lipinski definition) is 4. The van der Waals surface area contributed by atoms with Gasteiger partial charge in [0.15, 0.2) is 0 Å². The summed E-state index contributed by atoms with van der Waals surface area (Å²) in [6.07, 6.45) is 1.84. The van der Waals surface area contributed by atoms with Crippen LogP contribution in [0.2, 0.25) is 0 Å². The van der Waals surface area contributed by atoms with Gasteiger partial charge < -0.3 is 4.42 Å². The summed E-state index contributed by atoms with van der Waals surface area (Å²) in [7, 11) is 0. The zero-order valence-electron chi connectivity index (χ0n) is 13.6. The van der Waals surface area contributed by atoms with Gasteiger partial charge in [0.2, 0.25) is 5.71 Å². The van der Waals surface area contributed by atoms with E-state index in [0.29, 0.717) is 5.71 Å². The topological polar surface area (TPSA) is 38.9 Å². The van der Waals surface area contributed by atoms with Crippen molar-refractivity contribution in [2.24, 2.45) is 0 Å². The van der Waals surface area contributed by atoms with Crippen LogP contribution < -0.4 is 0 Å². The van der Waals surface area contributed by atoms with Crippen LogP contribution in [-0.2, 0) is 0 Å². The van der Waals surface area contributed by atoms with Crippen molar-refractivity contribution in [3.05, 3.63) is 72.9 Å². The van der Waals surface area contributed by atoms with Gasteiger partial charge in [-0.2, -0.15) is 0 Å². The number of para-hydroxylation sites is 1. The molecule has 6 rings (SSSR count). The fourth-order valence-electron chi connectivity index (χ4n) is 3.54. The van der Waals surface area contributed by atoms with Crippen LogP contribution in [-0.4, -0.2) is 9.97 Å². The fraction of sp³-hybridized carbons (Fsp3) is 0. The number of furan rings is 1. The molecule has 0 bridgehead atoms. The second-order valence-corrected chi connectivity index (χ2v) is 7.35. The number of aromatic nitrogens is 2. The lowest BCUT2D eigenvalue weighted by Crippen LogP contribution is -1.83. The van der Waals surface area contributed by atoms with Gasteiger partial charge in [0.1, 0.15) is 10.4 Å². The Bertz CT molecular complexity index is 1330. The highest BCUT2D eigenvalue weighted by molar-refractivity contribution is 7.25. The molecule has 0 aliphatic heterocycles. The van der Waals surface area contributed by atoms with E-state index in [0.717, 1.165) is 32.4 Å². The summed E-state index contributed by atoms with van der Waals surface area (Å²) in [5.41, 5.74) is 3.57. The quantitative estimate of drug-likeness (QED) is 0.343. The van der Waals surface area contributed by atoms with E-state index in [9.17, 15) is 0 Å². The first-order valence-corrected chi connectivity index (χ1v) is 9.24. The Morgan fingerprint density at radius 1 is 0.769 bits per heavy atom. The molecule has 0 atom stereocenters. The predicted octanol–water partition coefficient (Wildman–Crippen LogP) is 6.41. The normalized spacial score (nSPS) is 11.8. The molecule has 0 radical (unpaired) electrons. The molecule has 0 saturated carbocycles. The molecule has 0 spiro atoms. The summed E-state index contributed by atoms with van der Waals surface area (Å²) >= 11 is 1.72. The smallest absolute Gasteiger partial charge is 0.227 e. The van der Waals surface area contributed by atoms with Crippen LogP contribution >= 0.6 is 11.3 Å². The highest BCUT2D eigenvalue weighted by Gasteiger charge is 2.11. The van der Waals surface area contributed by atoms with Gasteiger partial charge in [0.05, 0.1) is 5.69 Å². The molecular formula is C22H12N2OS. The third-order valence-electron chi connectivity index (χ3n) is 4.79. The Morgan fingerprint density at radius 2 is 1.65 bits per heavy atom. The van der Waals surface area contributed by atoms with E-state index in [-0.39, 0.29) is 0 Å². The van der Waals surface area contributed by atoms with E-state index >= 15 is 0 Å². The van der Waals surface area contributed by atoms with Gasteiger partial charge in [-0.25, -0.2) is 9.97 Å². The van der Waals surface area contributed by atoms with E-state index < -0.39 is 0 Å². The minimum atomic E-state index is 0.682. The van der Waals surface area contributed by atoms with Gasteiger partial charge in [0.25, 0.3) is 0 Å². The van der Waals surface area contributed by atoms with Crippen molar-refractivity contribution in [3.63, 3.8) is 0 Å². The number of nitrogens with zero attached hydrogens (tertiary/aromatic N) is 2. The van der Waals surface area contributed by atoms with Gasteiger partial charge in [-0.15, -0.1) is 11.3 Å². The summed E-state index contributed by atoms with van der Waals surface area (Å²) in [6.45, 7) is 0. The third kappa shape index (κ3) is 1.93. The van der Waals surface area contributed by atoms with Crippen LogP contribution in [0.25, 0.3) is 53.6 Å². The van der Waals surface area contributed by atoms with Crippen molar-refractivity contribution in [1.29, 1.82) is 0 Å². The number of hydrogen-bond donors (Lipinski definition) is 0. The molecule has 0 unspecified atom stereocenters. The van der Waals surface area contributed by atoms with Crippen molar-refractivity contribution in [1.82, 2.24) is 9.97 Å². The van der Waals surface area contributed by atoms with E-state index in [1.807, 2.05) is 30.5 Å². The average Bonchev–Trinajstić information content (AvgIpc) is 3.24. The molecule has 0 aliphatic carbocycles. The molecule has 6 aromatic rings. The number of thiophene rings is 1. The lowest BCUT2D eigenvalue weighted by atomic mass is 10.1. The molecular weight excluding hydrogens is 340 g/mol. The molecule has 3 nitrogen and oxygen atoms in total. The minimum absolute atomic E-state index is 0.682. The van der Waals surface area contributed by atoms with E-state index in [4.69, 9.17) is 9.40 Å². The Morgan fingerprint density at radius 3 is 2.65 bits per heavy atom. The van der Waals surface area contributed by atoms with Crippen LogP contribution in [0.15, 0.2) is 77.3 Å². The lowest BCUT2D eigenvalue weighted by Gasteiger charge is -2.01. The maximum Gasteiger partial charge on any atom is 0.227 e. The van der Waals surface area contributed by atoms with Crippen LogP contribution in [0.3, 0.4) is 0 Å². The molecule has 4 aromatic heterocycles. The SMILES string of the molecule is c1ccc2c(c1)oc1nc(-c3ccc4c(c3)sc3ncccc34)ccc12. The van der Waals surface area contributed by atoms with Crippen LogP contribution in [0.4, 0.5) is 0 Å². The first kappa shape index (κ1) is 14.0. The molecule has 26 heavy (non-hydrogen) atoms. The molecule has 122 valence electrons. The zero-order chi connectivity index (χ0) is 17.1. The Hall–Kier alpha value is -3.24. The summed E-state index contributed by atoms with van der Waals surface area (Å²) in [6, 6.07) is 22.8. The summed E-state index contributed by atoms with van der Waals surface area (Å²) < 4.78 is 7.16. The first-order valence-electron chi connectivity index (χ1n) is 8.43. The second-order valence-electron chi connectivity index (χ2n) is 6.32. The third-order valence-corrected chi connectivity index (χ3v) is 5.87. The molecule has 0 fully saturated rings. The lowest BCUT2D eigenvalue weighted by molar-refractivity contribution is 0.654. The van der Waals surface area contributed by atoms with Crippen molar-refractivity contribution >= 4 is 53.7 Å². The Balaban J connectivity index is 1.57. The molecule has 4 heteroatoms. The van der Waals surface area contributed by atoms with E-state index in [2.05, 4.69) is 47.4 Å². The van der Waals surface area contributed by atoms with Crippen LogP contribution in [0.5, 0.6) is 0 Å². The summed E-state index contributed by atoms with van der Waals surface area (Å²) in [5, 5.41) is 4.61. The van der Waals surface area contributed by atoms with Gasteiger partial charge in [-0.3, -0.25) is 0 Å². The van der Waals surface area contributed by atoms with Crippen molar-refractivity contribution in [2.45, 2.75) is 0 Å². The largest absolute Gasteiger partial charge is 0.438 e. The summed E-state index contributed by atoms with van der Waals surface area (Å²) in [4.78, 5) is 10.3. The van der Waals surface area contributed by atoms with Crippen molar-refractivity contribution in [3.8, 4) is 11.3 Å². The number of pyridine rings is 2. The fourth-order valence-corrected chi connectivity index (χ4v) is 4.62. The molecule has 4 heterocycles. The summed E-state index contributed by atoms with van der Waals surface area (Å²) in [5.74, 6) is 0. The van der Waals surface area contributed by atoms with Gasteiger partial charge >= 0.3 is 0 Å². The molecule has 0 saturated heterocycles. The Labute approximate surface area is 152 Å². The van der Waals surface area contributed by atoms with E-state index in [1.165, 1.54) is 15.5 Å². The number of rotatable bonds is 1. The average molecular weight is 352 g/mol. The Kier molecular flexibility index (Phi) is 2.76. The molecule has 2 aromatic carbocycles. The van der Waals surface area contributed by atoms with Crippen LogP contribution in [0.1, 0.15) is 0 Å². The maximum atomic E-state index is 5.93. The monoisotopic (exact) mass is 352 g/mol. The maximum absolute atomic E-state index is 5.93. The van der Waals surface area contributed by atoms with Crippen molar-refractivity contribution in [2.75, 3.05) is 0 Å². The minimum Gasteiger partial charge on any atom is -0.438 e. The van der Waals surface area contributed by atoms with E-state index in [1.54, 1.807) is 11.3 Å². The highest BCUT2D eigenvalue weighted by atomic mass is 32.1. The molecule has 0 N–H and O–H groups in total. The molecule has 0 aliphatic rings. The number of fused-ring (bicyclic) bond motifs is 6. The van der Waals surface area contributed by atoms with Crippen LogP contribution in [0, 0.1) is 0 Å². The predicted molar refractivity (Wildman–Crippen MR) is 108 cm³/mol. The molecule has 0 amide bonds. The highest BCUT2D eigenvalue weighted by Crippen LogP contribution is 2.35. The zero-order valence-corrected chi connectivity index (χ0v) is 14.5. The van der Waals surface area contributed by atoms with Gasteiger partial charge in [-0.05, 0) is 36.4 Å². The second kappa shape index (κ2) is 5.13. The standard InChI is InChI=1S/C22H12N2OS/c1-2-6-19-14(4-1)16-9-10-18(24-21(16)25-19)13-7-8-15-17-5-3-11-23-22(17)26-20(15)12-13/h1-12H. The van der Waals surface area contributed by atoms with Gasteiger partial charge in [0, 0.05) is 38.0 Å².